The minimum atomic E-state index is -4.53. The maximum absolute atomic E-state index is 13.9. The first-order valence-corrected chi connectivity index (χ1v) is 8.64. The summed E-state index contributed by atoms with van der Waals surface area (Å²) in [5.41, 5.74) is 2.01. The van der Waals surface area contributed by atoms with Crippen molar-refractivity contribution in [2.24, 2.45) is 0 Å². The molecule has 0 radical (unpaired) electrons. The second kappa shape index (κ2) is 6.67. The Morgan fingerprint density at radius 3 is 2.18 bits per heavy atom. The Kier molecular flexibility index (Phi) is 4.30. The Morgan fingerprint density at radius 1 is 0.893 bits per heavy atom. The average Bonchev–Trinajstić information content (AvgIpc) is 3.11. The van der Waals surface area contributed by atoms with Crippen molar-refractivity contribution in [2.45, 2.75) is 6.18 Å². The van der Waals surface area contributed by atoms with Crippen LogP contribution in [0.25, 0.3) is 33.5 Å². The highest BCUT2D eigenvalue weighted by Gasteiger charge is 2.35. The molecule has 4 rings (SSSR count). The molecule has 4 aromatic rings. The van der Waals surface area contributed by atoms with Gasteiger partial charge >= 0.3 is 6.18 Å². The standard InChI is InChI=1S/C21H17F3N4/c1-28(2)15-10-8-13(9-11-15)17-12-16(21(22,23)24)18-19(26-27-20(18)25-17)14-6-4-3-5-7-14/h3-12H,1-2H3,(H,25,26,27). The normalized spacial score (nSPS) is 11.8. The van der Waals surface area contributed by atoms with E-state index in [1.54, 1.807) is 42.5 Å². The topological polar surface area (TPSA) is 44.8 Å². The minimum Gasteiger partial charge on any atom is -0.378 e. The number of nitrogens with zero attached hydrogens (tertiary/aromatic N) is 3. The van der Waals surface area contributed by atoms with Crippen LogP contribution in [0.5, 0.6) is 0 Å². The first-order chi connectivity index (χ1) is 13.3. The van der Waals surface area contributed by atoms with Gasteiger partial charge < -0.3 is 4.90 Å². The van der Waals surface area contributed by atoms with Crippen LogP contribution in [0, 0.1) is 0 Å². The van der Waals surface area contributed by atoms with E-state index in [4.69, 9.17) is 0 Å². The SMILES string of the molecule is CN(C)c1ccc(-c2cc(C(F)(F)F)c3c(-c4ccccc4)[nH]nc3n2)cc1. The third-order valence-corrected chi connectivity index (χ3v) is 4.57. The lowest BCUT2D eigenvalue weighted by Crippen LogP contribution is -2.08. The maximum atomic E-state index is 13.9. The molecule has 0 unspecified atom stereocenters. The van der Waals surface area contributed by atoms with Crippen LogP contribution < -0.4 is 4.90 Å². The fourth-order valence-corrected chi connectivity index (χ4v) is 3.14. The zero-order valence-electron chi connectivity index (χ0n) is 15.2. The van der Waals surface area contributed by atoms with Gasteiger partial charge in [-0.2, -0.15) is 18.3 Å². The molecule has 142 valence electrons. The van der Waals surface area contributed by atoms with Gasteiger partial charge in [0.2, 0.25) is 0 Å². The monoisotopic (exact) mass is 382 g/mol. The average molecular weight is 382 g/mol. The molecule has 0 bridgehead atoms. The van der Waals surface area contributed by atoms with Crippen molar-refractivity contribution in [3.05, 3.63) is 66.2 Å². The molecule has 0 fully saturated rings. The van der Waals surface area contributed by atoms with Crippen molar-refractivity contribution in [2.75, 3.05) is 19.0 Å². The summed E-state index contributed by atoms with van der Waals surface area (Å²) >= 11 is 0. The summed E-state index contributed by atoms with van der Waals surface area (Å²) in [4.78, 5) is 6.30. The van der Waals surface area contributed by atoms with Gasteiger partial charge in [0.15, 0.2) is 5.65 Å². The molecule has 7 heteroatoms. The summed E-state index contributed by atoms with van der Waals surface area (Å²) in [5.74, 6) is 0. The molecule has 1 N–H and O–H groups in total. The molecule has 0 atom stereocenters. The number of hydrogen-bond donors (Lipinski definition) is 1. The quantitative estimate of drug-likeness (QED) is 0.518. The van der Waals surface area contributed by atoms with E-state index in [1.165, 1.54) is 0 Å². The lowest BCUT2D eigenvalue weighted by atomic mass is 10.0. The number of aromatic nitrogens is 3. The second-order valence-corrected chi connectivity index (χ2v) is 6.66. The van der Waals surface area contributed by atoms with Crippen molar-refractivity contribution >= 4 is 16.7 Å². The Morgan fingerprint density at radius 2 is 1.57 bits per heavy atom. The lowest BCUT2D eigenvalue weighted by Gasteiger charge is -2.14. The molecule has 2 heterocycles. The first kappa shape index (κ1) is 18.0. The zero-order valence-corrected chi connectivity index (χ0v) is 15.2. The van der Waals surface area contributed by atoms with Gasteiger partial charge in [0.1, 0.15) is 0 Å². The maximum Gasteiger partial charge on any atom is 0.417 e. The summed E-state index contributed by atoms with van der Waals surface area (Å²) in [5, 5.41) is 6.76. The van der Waals surface area contributed by atoms with Crippen LogP contribution in [0.1, 0.15) is 5.56 Å². The number of nitrogens with one attached hydrogen (secondary N) is 1. The van der Waals surface area contributed by atoms with Gasteiger partial charge in [0.05, 0.1) is 22.3 Å². The van der Waals surface area contributed by atoms with E-state index in [9.17, 15) is 13.2 Å². The van der Waals surface area contributed by atoms with Gasteiger partial charge in [-0.15, -0.1) is 0 Å². The van der Waals surface area contributed by atoms with Crippen molar-refractivity contribution in [1.82, 2.24) is 15.2 Å². The molecule has 28 heavy (non-hydrogen) atoms. The number of anilines is 1. The highest BCUT2D eigenvalue weighted by molar-refractivity contribution is 5.95. The van der Waals surface area contributed by atoms with Gasteiger partial charge in [0.25, 0.3) is 0 Å². The van der Waals surface area contributed by atoms with Gasteiger partial charge in [-0.3, -0.25) is 5.10 Å². The zero-order chi connectivity index (χ0) is 19.9. The number of fused-ring (bicyclic) bond motifs is 1. The Bertz CT molecular complexity index is 1110. The number of benzene rings is 2. The van der Waals surface area contributed by atoms with E-state index in [1.807, 2.05) is 31.1 Å². The minimum absolute atomic E-state index is 0.0210. The van der Waals surface area contributed by atoms with E-state index < -0.39 is 11.7 Å². The smallest absolute Gasteiger partial charge is 0.378 e. The molecule has 0 saturated carbocycles. The predicted molar refractivity (Wildman–Crippen MR) is 104 cm³/mol. The van der Waals surface area contributed by atoms with Crippen LogP contribution in [0.15, 0.2) is 60.7 Å². The number of rotatable bonds is 3. The van der Waals surface area contributed by atoms with Crippen molar-refractivity contribution < 1.29 is 13.2 Å². The molecule has 0 spiro atoms. The van der Waals surface area contributed by atoms with Crippen LogP contribution in [0.3, 0.4) is 0 Å². The fourth-order valence-electron chi connectivity index (χ4n) is 3.14. The van der Waals surface area contributed by atoms with Crippen LogP contribution in [-0.2, 0) is 6.18 Å². The predicted octanol–water partition coefficient (Wildman–Crippen LogP) is 5.38. The van der Waals surface area contributed by atoms with Crippen LogP contribution >= 0.6 is 0 Å². The Labute approximate surface area is 159 Å². The van der Waals surface area contributed by atoms with Crippen LogP contribution in [-0.4, -0.2) is 29.3 Å². The highest BCUT2D eigenvalue weighted by Crippen LogP contribution is 2.40. The summed E-state index contributed by atoms with van der Waals surface area (Å²) in [7, 11) is 3.80. The van der Waals surface area contributed by atoms with Crippen LogP contribution in [0.4, 0.5) is 18.9 Å². The summed E-state index contributed by atoms with van der Waals surface area (Å²) < 4.78 is 41.6. The number of aromatic amines is 1. The lowest BCUT2D eigenvalue weighted by molar-refractivity contribution is -0.136. The molecular weight excluding hydrogens is 365 g/mol. The number of pyridine rings is 1. The molecule has 0 aliphatic rings. The van der Waals surface area contributed by atoms with Crippen LogP contribution in [0.2, 0.25) is 0 Å². The van der Waals surface area contributed by atoms with Gasteiger partial charge in [-0.25, -0.2) is 4.98 Å². The molecular formula is C21H17F3N4. The third-order valence-electron chi connectivity index (χ3n) is 4.57. The molecule has 4 nitrogen and oxygen atoms in total. The Hall–Kier alpha value is -3.35. The number of H-pyrrole nitrogens is 1. The fraction of sp³-hybridized carbons (Fsp3) is 0.143. The largest absolute Gasteiger partial charge is 0.417 e. The first-order valence-electron chi connectivity index (χ1n) is 8.64. The molecule has 0 saturated heterocycles. The highest BCUT2D eigenvalue weighted by atomic mass is 19.4. The molecule has 0 aliphatic heterocycles. The van der Waals surface area contributed by atoms with E-state index in [0.29, 0.717) is 16.8 Å². The summed E-state index contributed by atoms with van der Waals surface area (Å²) in [6.07, 6.45) is -4.53. The van der Waals surface area contributed by atoms with Crippen molar-refractivity contribution in [1.29, 1.82) is 0 Å². The van der Waals surface area contributed by atoms with E-state index in [2.05, 4.69) is 15.2 Å². The molecule has 0 amide bonds. The molecule has 2 aromatic heterocycles. The number of halogens is 3. The Balaban J connectivity index is 1.92. The molecule has 0 aliphatic carbocycles. The van der Waals surface area contributed by atoms with E-state index in [-0.39, 0.29) is 16.7 Å². The third kappa shape index (κ3) is 3.19. The number of hydrogen-bond acceptors (Lipinski definition) is 3. The van der Waals surface area contributed by atoms with Crippen molar-refractivity contribution in [3.63, 3.8) is 0 Å². The molecule has 2 aromatic carbocycles. The van der Waals surface area contributed by atoms with Crippen molar-refractivity contribution in [3.8, 4) is 22.5 Å². The van der Waals surface area contributed by atoms with E-state index in [0.717, 1.165) is 11.8 Å². The van der Waals surface area contributed by atoms with Gasteiger partial charge in [-0.05, 0) is 18.2 Å². The van der Waals surface area contributed by atoms with Gasteiger partial charge in [-0.1, -0.05) is 42.5 Å². The second-order valence-electron chi connectivity index (χ2n) is 6.66. The summed E-state index contributed by atoms with van der Waals surface area (Å²) in [6, 6.07) is 17.1. The van der Waals surface area contributed by atoms with E-state index >= 15 is 0 Å². The summed E-state index contributed by atoms with van der Waals surface area (Å²) in [6.45, 7) is 0. The number of alkyl halides is 3. The van der Waals surface area contributed by atoms with Gasteiger partial charge in [0, 0.05) is 30.9 Å².